The Labute approximate surface area is 185 Å². The van der Waals surface area contributed by atoms with E-state index >= 15 is 0 Å². The van der Waals surface area contributed by atoms with Gasteiger partial charge in [-0.25, -0.2) is 19.2 Å². The molecule has 0 radical (unpaired) electrons. The van der Waals surface area contributed by atoms with Crippen LogP contribution in [0, 0.1) is 11.7 Å². The van der Waals surface area contributed by atoms with E-state index in [9.17, 15) is 14.3 Å². The highest BCUT2D eigenvalue weighted by Gasteiger charge is 2.23. The topological polar surface area (TPSA) is 66.3 Å². The van der Waals surface area contributed by atoms with E-state index in [1.54, 1.807) is 6.07 Å². The molecule has 0 aliphatic carbocycles. The summed E-state index contributed by atoms with van der Waals surface area (Å²) < 4.78 is 13.4. The van der Waals surface area contributed by atoms with Crippen LogP contribution in [0.4, 0.5) is 10.3 Å². The van der Waals surface area contributed by atoms with E-state index in [1.807, 2.05) is 6.07 Å². The fourth-order valence-electron chi connectivity index (χ4n) is 4.00. The first kappa shape index (κ1) is 21.2. The lowest BCUT2D eigenvalue weighted by atomic mass is 9.90. The number of carboxylic acid groups (broad SMARTS) is 1. The molecule has 0 unspecified atom stereocenters. The zero-order valence-electron chi connectivity index (χ0n) is 17.0. The van der Waals surface area contributed by atoms with Gasteiger partial charge < -0.3 is 10.0 Å². The first-order chi connectivity index (χ1) is 15.0. The van der Waals surface area contributed by atoms with Crippen LogP contribution >= 0.6 is 11.6 Å². The Bertz CT molecular complexity index is 1070. The Morgan fingerprint density at radius 3 is 2.58 bits per heavy atom. The van der Waals surface area contributed by atoms with E-state index in [2.05, 4.69) is 39.1 Å². The second kappa shape index (κ2) is 9.43. The highest BCUT2D eigenvalue weighted by Crippen LogP contribution is 2.26. The van der Waals surface area contributed by atoms with Crippen LogP contribution in [0.1, 0.15) is 40.0 Å². The van der Waals surface area contributed by atoms with Gasteiger partial charge in [0.1, 0.15) is 5.82 Å². The molecule has 1 saturated heterocycles. The minimum Gasteiger partial charge on any atom is -0.478 e. The van der Waals surface area contributed by atoms with E-state index in [0.717, 1.165) is 32.4 Å². The second-order valence-corrected chi connectivity index (χ2v) is 8.28. The monoisotopic (exact) mass is 439 g/mol. The number of hydrogen-bond donors (Lipinski definition) is 1. The van der Waals surface area contributed by atoms with Crippen LogP contribution in [0.5, 0.6) is 0 Å². The van der Waals surface area contributed by atoms with Crippen molar-refractivity contribution >= 4 is 23.5 Å². The average Bonchev–Trinajstić information content (AvgIpc) is 2.77. The molecule has 3 aromatic rings. The number of carbonyl (C=O) groups is 1. The standard InChI is InChI=1S/C24H23ClFN3O2/c25-21-14-19(26)7-6-18(21)13-22-20(23(30)31)15-27-24(28-22)29-10-8-17(9-11-29)12-16-4-2-1-3-5-16/h1-7,14-15,17H,8-13H2,(H,30,31). The van der Waals surface area contributed by atoms with E-state index in [1.165, 1.54) is 23.9 Å². The Morgan fingerprint density at radius 2 is 1.90 bits per heavy atom. The molecule has 1 aliphatic heterocycles. The van der Waals surface area contributed by atoms with Crippen molar-refractivity contribution in [1.29, 1.82) is 0 Å². The summed E-state index contributed by atoms with van der Waals surface area (Å²) in [4.78, 5) is 22.6. The molecule has 160 valence electrons. The van der Waals surface area contributed by atoms with Gasteiger partial charge in [-0.3, -0.25) is 0 Å². The Kier molecular flexibility index (Phi) is 6.47. The molecule has 2 aromatic carbocycles. The fourth-order valence-corrected chi connectivity index (χ4v) is 4.24. The normalized spacial score (nSPS) is 14.6. The number of benzene rings is 2. The molecule has 7 heteroatoms. The van der Waals surface area contributed by atoms with Gasteiger partial charge in [0.05, 0.1) is 11.3 Å². The number of aromatic nitrogens is 2. The van der Waals surface area contributed by atoms with Gasteiger partial charge in [-0.2, -0.15) is 0 Å². The van der Waals surface area contributed by atoms with Crippen LogP contribution in [0.25, 0.3) is 0 Å². The van der Waals surface area contributed by atoms with Crippen molar-refractivity contribution in [1.82, 2.24) is 9.97 Å². The minimum absolute atomic E-state index is 0.0307. The molecule has 0 bridgehead atoms. The maximum absolute atomic E-state index is 13.4. The van der Waals surface area contributed by atoms with Gasteiger partial charge in [-0.05, 0) is 48.4 Å². The summed E-state index contributed by atoms with van der Waals surface area (Å²) in [6.07, 6.45) is 4.66. The van der Waals surface area contributed by atoms with E-state index in [0.29, 0.717) is 23.1 Å². The zero-order chi connectivity index (χ0) is 21.8. The third-order valence-corrected chi connectivity index (χ3v) is 6.07. The van der Waals surface area contributed by atoms with Gasteiger partial charge in [0.15, 0.2) is 0 Å². The molecule has 1 aromatic heterocycles. The zero-order valence-corrected chi connectivity index (χ0v) is 17.7. The fraction of sp³-hybridized carbons (Fsp3) is 0.292. The Balaban J connectivity index is 1.49. The largest absolute Gasteiger partial charge is 0.478 e. The SMILES string of the molecule is O=C(O)c1cnc(N2CCC(Cc3ccccc3)CC2)nc1Cc1ccc(F)cc1Cl. The van der Waals surface area contributed by atoms with Crippen LogP contribution in [-0.2, 0) is 12.8 Å². The number of carboxylic acids is 1. The maximum atomic E-state index is 13.4. The number of hydrogen-bond acceptors (Lipinski definition) is 4. The number of aromatic carboxylic acids is 1. The van der Waals surface area contributed by atoms with Gasteiger partial charge in [0.2, 0.25) is 5.95 Å². The molecular weight excluding hydrogens is 417 g/mol. The quantitative estimate of drug-likeness (QED) is 0.584. The molecule has 31 heavy (non-hydrogen) atoms. The van der Waals surface area contributed by atoms with Crippen molar-refractivity contribution < 1.29 is 14.3 Å². The van der Waals surface area contributed by atoms with Crippen LogP contribution in [0.15, 0.2) is 54.7 Å². The van der Waals surface area contributed by atoms with Crippen molar-refractivity contribution in [2.75, 3.05) is 18.0 Å². The van der Waals surface area contributed by atoms with E-state index < -0.39 is 11.8 Å². The highest BCUT2D eigenvalue weighted by molar-refractivity contribution is 6.31. The van der Waals surface area contributed by atoms with Crippen molar-refractivity contribution in [2.24, 2.45) is 5.92 Å². The number of halogens is 2. The van der Waals surface area contributed by atoms with Gasteiger partial charge in [-0.15, -0.1) is 0 Å². The molecule has 4 rings (SSSR count). The Morgan fingerprint density at radius 1 is 1.16 bits per heavy atom. The highest BCUT2D eigenvalue weighted by atomic mass is 35.5. The first-order valence-electron chi connectivity index (χ1n) is 10.3. The lowest BCUT2D eigenvalue weighted by Crippen LogP contribution is -2.35. The van der Waals surface area contributed by atoms with Gasteiger partial charge in [0, 0.05) is 30.7 Å². The summed E-state index contributed by atoms with van der Waals surface area (Å²) in [6.45, 7) is 1.64. The second-order valence-electron chi connectivity index (χ2n) is 7.87. The summed E-state index contributed by atoms with van der Waals surface area (Å²) >= 11 is 6.14. The molecule has 0 spiro atoms. The van der Waals surface area contributed by atoms with E-state index in [-0.39, 0.29) is 17.0 Å². The lowest BCUT2D eigenvalue weighted by molar-refractivity contribution is 0.0695. The van der Waals surface area contributed by atoms with Crippen molar-refractivity contribution in [3.63, 3.8) is 0 Å². The van der Waals surface area contributed by atoms with Crippen molar-refractivity contribution in [3.8, 4) is 0 Å². The summed E-state index contributed by atoms with van der Waals surface area (Å²) in [5.41, 5.74) is 2.37. The van der Waals surface area contributed by atoms with Crippen LogP contribution in [-0.4, -0.2) is 34.1 Å². The van der Waals surface area contributed by atoms with Crippen molar-refractivity contribution in [3.05, 3.63) is 88.0 Å². The van der Waals surface area contributed by atoms with Gasteiger partial charge in [0.25, 0.3) is 0 Å². The number of nitrogens with zero attached hydrogens (tertiary/aromatic N) is 3. The maximum Gasteiger partial charge on any atom is 0.339 e. The molecule has 1 N–H and O–H groups in total. The number of anilines is 1. The molecular formula is C24H23ClFN3O2. The average molecular weight is 440 g/mol. The third-order valence-electron chi connectivity index (χ3n) is 5.72. The predicted molar refractivity (Wildman–Crippen MR) is 118 cm³/mol. The molecule has 0 saturated carbocycles. The molecule has 1 fully saturated rings. The first-order valence-corrected chi connectivity index (χ1v) is 10.7. The summed E-state index contributed by atoms with van der Waals surface area (Å²) in [5, 5.41) is 9.79. The smallest absolute Gasteiger partial charge is 0.339 e. The predicted octanol–water partition coefficient (Wildman–Crippen LogP) is 5.02. The van der Waals surface area contributed by atoms with Crippen LogP contribution in [0.2, 0.25) is 5.02 Å². The number of rotatable bonds is 6. The number of piperidine rings is 1. The summed E-state index contributed by atoms with van der Waals surface area (Å²) in [6, 6.07) is 14.6. The van der Waals surface area contributed by atoms with Gasteiger partial charge in [-0.1, -0.05) is 48.0 Å². The van der Waals surface area contributed by atoms with Crippen LogP contribution in [0.3, 0.4) is 0 Å². The molecule has 0 atom stereocenters. The van der Waals surface area contributed by atoms with Crippen LogP contribution < -0.4 is 4.90 Å². The van der Waals surface area contributed by atoms with Crippen molar-refractivity contribution in [2.45, 2.75) is 25.7 Å². The minimum atomic E-state index is -1.10. The summed E-state index contributed by atoms with van der Waals surface area (Å²) in [5.74, 6) is -0.402. The summed E-state index contributed by atoms with van der Waals surface area (Å²) in [7, 11) is 0. The molecule has 5 nitrogen and oxygen atoms in total. The molecule has 0 amide bonds. The molecule has 2 heterocycles. The Hall–Kier alpha value is -2.99. The lowest BCUT2D eigenvalue weighted by Gasteiger charge is -2.32. The third kappa shape index (κ3) is 5.20. The molecule has 1 aliphatic rings. The van der Waals surface area contributed by atoms with Gasteiger partial charge >= 0.3 is 5.97 Å². The van der Waals surface area contributed by atoms with E-state index in [4.69, 9.17) is 11.6 Å².